The predicted octanol–water partition coefficient (Wildman–Crippen LogP) is 4.64. The SMILES string of the molecule is COC(=O)C1CSC(c2ccc(Cl)c(Cl)c2)N1C(=O)c1ccc(C)c([N+](=O)[O-])c1. The van der Waals surface area contributed by atoms with Gasteiger partial charge in [0.25, 0.3) is 11.6 Å². The number of carbonyl (C=O) groups is 2. The molecule has 152 valence electrons. The quantitative estimate of drug-likeness (QED) is 0.379. The van der Waals surface area contributed by atoms with E-state index in [0.29, 0.717) is 26.9 Å². The molecule has 10 heteroatoms. The fourth-order valence-corrected chi connectivity index (χ4v) is 4.79. The molecule has 0 N–H and O–H groups in total. The van der Waals surface area contributed by atoms with Crippen LogP contribution in [0.25, 0.3) is 0 Å². The van der Waals surface area contributed by atoms with E-state index in [2.05, 4.69) is 0 Å². The van der Waals surface area contributed by atoms with Gasteiger partial charge in [0.1, 0.15) is 11.4 Å². The second kappa shape index (κ2) is 8.61. The number of ether oxygens (including phenoxy) is 1. The highest BCUT2D eigenvalue weighted by Gasteiger charge is 2.43. The molecule has 2 aromatic rings. The molecule has 0 spiro atoms. The molecule has 2 unspecified atom stereocenters. The summed E-state index contributed by atoms with van der Waals surface area (Å²) in [5.41, 5.74) is 1.07. The van der Waals surface area contributed by atoms with Gasteiger partial charge in [-0.1, -0.05) is 35.3 Å². The summed E-state index contributed by atoms with van der Waals surface area (Å²) in [6.45, 7) is 1.59. The van der Waals surface area contributed by atoms with Crippen LogP contribution in [-0.4, -0.2) is 40.6 Å². The van der Waals surface area contributed by atoms with Gasteiger partial charge in [0.2, 0.25) is 0 Å². The Kier molecular flexibility index (Phi) is 6.36. The van der Waals surface area contributed by atoms with Crippen molar-refractivity contribution in [1.82, 2.24) is 4.90 Å². The Hall–Kier alpha value is -2.29. The Morgan fingerprint density at radius 3 is 2.55 bits per heavy atom. The summed E-state index contributed by atoms with van der Waals surface area (Å²) in [6, 6.07) is 8.38. The third kappa shape index (κ3) is 4.19. The molecule has 0 saturated carbocycles. The van der Waals surface area contributed by atoms with Crippen molar-refractivity contribution < 1.29 is 19.2 Å². The molecule has 0 radical (unpaired) electrons. The number of carbonyl (C=O) groups excluding carboxylic acids is 2. The van der Waals surface area contributed by atoms with Crippen LogP contribution in [0.2, 0.25) is 10.0 Å². The Bertz CT molecular complexity index is 1000. The Morgan fingerprint density at radius 1 is 1.21 bits per heavy atom. The summed E-state index contributed by atoms with van der Waals surface area (Å²) in [4.78, 5) is 37.7. The molecule has 7 nitrogen and oxygen atoms in total. The van der Waals surface area contributed by atoms with Crippen LogP contribution < -0.4 is 0 Å². The van der Waals surface area contributed by atoms with Gasteiger partial charge in [0, 0.05) is 22.9 Å². The van der Waals surface area contributed by atoms with Crippen molar-refractivity contribution in [1.29, 1.82) is 0 Å². The fourth-order valence-electron chi connectivity index (χ4n) is 3.08. The molecule has 1 heterocycles. The first-order valence-electron chi connectivity index (χ1n) is 8.46. The molecule has 3 rings (SSSR count). The van der Waals surface area contributed by atoms with E-state index >= 15 is 0 Å². The molecule has 1 fully saturated rings. The number of hydrogen-bond acceptors (Lipinski definition) is 6. The van der Waals surface area contributed by atoms with Gasteiger partial charge in [-0.25, -0.2) is 4.79 Å². The largest absolute Gasteiger partial charge is 0.467 e. The summed E-state index contributed by atoms with van der Waals surface area (Å²) in [5.74, 6) is -0.753. The van der Waals surface area contributed by atoms with Crippen LogP contribution in [0.3, 0.4) is 0 Å². The average molecular weight is 455 g/mol. The standard InChI is InChI=1S/C19H16Cl2N2O5S/c1-10-3-4-11(8-15(10)23(26)27)17(24)22-16(19(25)28-2)9-29-18(22)12-5-6-13(20)14(21)7-12/h3-8,16,18H,9H2,1-2H3. The minimum Gasteiger partial charge on any atom is -0.467 e. The number of nitrogens with zero attached hydrogens (tertiary/aromatic N) is 2. The number of thioether (sulfide) groups is 1. The van der Waals surface area contributed by atoms with Crippen molar-refractivity contribution in [2.75, 3.05) is 12.9 Å². The number of aryl methyl sites for hydroxylation is 1. The number of nitro benzene ring substituents is 1. The first-order chi connectivity index (χ1) is 13.7. The number of nitro groups is 1. The van der Waals surface area contributed by atoms with E-state index in [1.54, 1.807) is 25.1 Å². The Balaban J connectivity index is 2.05. The normalized spacial score (nSPS) is 18.6. The van der Waals surface area contributed by atoms with Crippen LogP contribution in [-0.2, 0) is 9.53 Å². The topological polar surface area (TPSA) is 89.8 Å². The molecule has 1 amide bonds. The van der Waals surface area contributed by atoms with Crippen LogP contribution in [0.4, 0.5) is 5.69 Å². The minimum atomic E-state index is -0.836. The summed E-state index contributed by atoms with van der Waals surface area (Å²) >= 11 is 13.5. The fraction of sp³-hybridized carbons (Fsp3) is 0.263. The summed E-state index contributed by atoms with van der Waals surface area (Å²) < 4.78 is 4.86. The third-order valence-corrected chi connectivity index (χ3v) is 6.65. The number of halogens is 2. The van der Waals surface area contributed by atoms with Gasteiger partial charge >= 0.3 is 5.97 Å². The highest BCUT2D eigenvalue weighted by Crippen LogP contribution is 2.44. The van der Waals surface area contributed by atoms with Crippen molar-refractivity contribution in [2.45, 2.75) is 18.3 Å². The maximum absolute atomic E-state index is 13.3. The van der Waals surface area contributed by atoms with Crippen molar-refractivity contribution in [3.8, 4) is 0 Å². The second-order valence-corrected chi connectivity index (χ2v) is 8.30. The zero-order valence-corrected chi connectivity index (χ0v) is 17.8. The number of amides is 1. The van der Waals surface area contributed by atoms with Crippen LogP contribution in [0.1, 0.15) is 26.9 Å². The van der Waals surface area contributed by atoms with E-state index in [9.17, 15) is 19.7 Å². The Labute approximate surface area is 181 Å². The highest BCUT2D eigenvalue weighted by molar-refractivity contribution is 7.99. The summed E-state index contributed by atoms with van der Waals surface area (Å²) in [6.07, 6.45) is 0. The molecular formula is C19H16Cl2N2O5S. The molecule has 1 saturated heterocycles. The Morgan fingerprint density at radius 2 is 1.93 bits per heavy atom. The number of benzene rings is 2. The molecule has 0 bridgehead atoms. The van der Waals surface area contributed by atoms with Gasteiger partial charge in [-0.3, -0.25) is 14.9 Å². The molecule has 2 aromatic carbocycles. The van der Waals surface area contributed by atoms with Crippen LogP contribution in [0, 0.1) is 17.0 Å². The van der Waals surface area contributed by atoms with Gasteiger partial charge < -0.3 is 9.64 Å². The predicted molar refractivity (Wildman–Crippen MR) is 111 cm³/mol. The highest BCUT2D eigenvalue weighted by atomic mass is 35.5. The second-order valence-electron chi connectivity index (χ2n) is 6.37. The van der Waals surface area contributed by atoms with E-state index in [0.717, 1.165) is 0 Å². The molecule has 1 aliphatic rings. The van der Waals surface area contributed by atoms with Gasteiger partial charge in [-0.2, -0.15) is 0 Å². The van der Waals surface area contributed by atoms with Crippen molar-refractivity contribution >= 4 is 52.5 Å². The lowest BCUT2D eigenvalue weighted by atomic mass is 10.1. The van der Waals surface area contributed by atoms with Gasteiger partial charge in [-0.05, 0) is 30.7 Å². The zero-order chi connectivity index (χ0) is 21.3. The maximum atomic E-state index is 13.3. The van der Waals surface area contributed by atoms with Crippen LogP contribution in [0.15, 0.2) is 36.4 Å². The minimum absolute atomic E-state index is 0.115. The average Bonchev–Trinajstić information content (AvgIpc) is 3.14. The van der Waals surface area contributed by atoms with Gasteiger partial charge in [0.05, 0.1) is 22.1 Å². The maximum Gasteiger partial charge on any atom is 0.329 e. The summed E-state index contributed by atoms with van der Waals surface area (Å²) in [7, 11) is 1.25. The number of rotatable bonds is 4. The monoisotopic (exact) mass is 454 g/mol. The number of methoxy groups -OCH3 is 1. The van der Waals surface area contributed by atoms with E-state index in [1.807, 2.05) is 0 Å². The molecule has 0 aliphatic carbocycles. The van der Waals surface area contributed by atoms with Crippen LogP contribution in [0.5, 0.6) is 0 Å². The van der Waals surface area contributed by atoms with Crippen LogP contribution >= 0.6 is 35.0 Å². The van der Waals surface area contributed by atoms with Gasteiger partial charge in [0.15, 0.2) is 0 Å². The lowest BCUT2D eigenvalue weighted by Crippen LogP contribution is -2.43. The molecule has 2 atom stereocenters. The van der Waals surface area contributed by atoms with Crippen molar-refractivity contribution in [3.63, 3.8) is 0 Å². The number of esters is 1. The lowest BCUT2D eigenvalue weighted by molar-refractivity contribution is -0.385. The third-order valence-electron chi connectivity index (χ3n) is 4.59. The lowest BCUT2D eigenvalue weighted by Gasteiger charge is -2.28. The van der Waals surface area contributed by atoms with E-state index in [1.165, 1.54) is 42.0 Å². The van der Waals surface area contributed by atoms with Gasteiger partial charge in [-0.15, -0.1) is 11.8 Å². The van der Waals surface area contributed by atoms with Crippen molar-refractivity contribution in [2.24, 2.45) is 0 Å². The first kappa shape index (κ1) is 21.4. The molecule has 29 heavy (non-hydrogen) atoms. The molecule has 1 aliphatic heterocycles. The smallest absolute Gasteiger partial charge is 0.329 e. The summed E-state index contributed by atoms with van der Waals surface area (Å²) in [5, 5.41) is 11.4. The van der Waals surface area contributed by atoms with E-state index < -0.39 is 28.2 Å². The molecular weight excluding hydrogens is 439 g/mol. The van der Waals surface area contributed by atoms with E-state index in [4.69, 9.17) is 27.9 Å². The van der Waals surface area contributed by atoms with E-state index in [-0.39, 0.29) is 11.3 Å². The number of hydrogen-bond donors (Lipinski definition) is 0. The van der Waals surface area contributed by atoms with Crippen molar-refractivity contribution in [3.05, 3.63) is 73.2 Å². The first-order valence-corrected chi connectivity index (χ1v) is 10.3. The zero-order valence-electron chi connectivity index (χ0n) is 15.4. The molecule has 0 aromatic heterocycles.